The van der Waals surface area contributed by atoms with Crippen molar-refractivity contribution in [1.29, 1.82) is 0 Å². The minimum atomic E-state index is -1.40. The molecule has 0 saturated carbocycles. The molecule has 1 N–H and O–H groups in total. The van der Waals surface area contributed by atoms with Crippen LogP contribution in [-0.4, -0.2) is 54.3 Å². The van der Waals surface area contributed by atoms with Crippen LogP contribution in [0.15, 0.2) is 25.3 Å². The molecule has 0 spiro atoms. The minimum Gasteiger partial charge on any atom is -0.463 e. The number of hydrogen-bond acceptors (Lipinski definition) is 7. The van der Waals surface area contributed by atoms with Crippen LogP contribution in [0, 0.1) is 0 Å². The zero-order valence-corrected chi connectivity index (χ0v) is 15.4. The van der Waals surface area contributed by atoms with Crippen molar-refractivity contribution in [2.75, 3.05) is 26.4 Å². The number of Topliss-reactive ketones (excluding diaryl/α,β-unsaturated/α-hetero) is 1. The van der Waals surface area contributed by atoms with Crippen LogP contribution >= 0.6 is 11.6 Å². The predicted octanol–water partition coefficient (Wildman–Crippen LogP) is 2.01. The number of aliphatic hydroxyl groups excluding tert-OH is 1. The van der Waals surface area contributed by atoms with Crippen molar-refractivity contribution < 1.29 is 33.7 Å². The maximum absolute atomic E-state index is 11.1. The van der Waals surface area contributed by atoms with Gasteiger partial charge in [0.2, 0.25) is 10.8 Å². The third kappa shape index (κ3) is 18.3. The molecule has 0 heterocycles. The molecule has 0 bridgehead atoms. The molecule has 0 rings (SSSR count). The molecule has 0 aliphatic rings. The summed E-state index contributed by atoms with van der Waals surface area (Å²) in [6.07, 6.45) is 2.94. The first-order chi connectivity index (χ1) is 11.1. The van der Waals surface area contributed by atoms with E-state index in [9.17, 15) is 14.4 Å². The fourth-order valence-corrected chi connectivity index (χ4v) is 0.885. The maximum atomic E-state index is 11.1. The highest BCUT2D eigenvalue weighted by atomic mass is 35.5. The van der Waals surface area contributed by atoms with Gasteiger partial charge in [0.05, 0.1) is 26.4 Å². The highest BCUT2D eigenvalue weighted by Gasteiger charge is 2.32. The molecule has 1 atom stereocenters. The van der Waals surface area contributed by atoms with Gasteiger partial charge in [0.25, 0.3) is 0 Å². The number of esters is 2. The Morgan fingerprint density at radius 3 is 1.83 bits per heavy atom. The van der Waals surface area contributed by atoms with Gasteiger partial charge in [-0.05, 0) is 20.8 Å². The van der Waals surface area contributed by atoms with E-state index >= 15 is 0 Å². The quantitative estimate of drug-likeness (QED) is 0.303. The molecular weight excluding hydrogens is 340 g/mol. The molecule has 1 unspecified atom stereocenters. The highest BCUT2D eigenvalue weighted by molar-refractivity contribution is 6.32. The lowest BCUT2D eigenvalue weighted by Crippen LogP contribution is -2.34. The van der Waals surface area contributed by atoms with Gasteiger partial charge in [-0.3, -0.25) is 4.79 Å². The number of hydrogen-bond donors (Lipinski definition) is 1. The van der Waals surface area contributed by atoms with Gasteiger partial charge in [-0.2, -0.15) is 0 Å². The SMILES string of the molecule is C=CCO.C=CCOC(C)(Cl)C(=O)OCC.CCOC(=O)C(C)=O. The third-order valence-electron chi connectivity index (χ3n) is 1.80. The Morgan fingerprint density at radius 1 is 1.12 bits per heavy atom. The number of ketones is 1. The van der Waals surface area contributed by atoms with Crippen LogP contribution in [0.25, 0.3) is 0 Å². The van der Waals surface area contributed by atoms with Crippen LogP contribution < -0.4 is 0 Å². The predicted molar refractivity (Wildman–Crippen MR) is 91.6 cm³/mol. The van der Waals surface area contributed by atoms with E-state index in [0.717, 1.165) is 0 Å². The summed E-state index contributed by atoms with van der Waals surface area (Å²) in [6.45, 7) is 13.5. The van der Waals surface area contributed by atoms with Crippen LogP contribution in [0.1, 0.15) is 27.7 Å². The van der Waals surface area contributed by atoms with E-state index < -0.39 is 22.8 Å². The molecule has 0 aliphatic carbocycles. The summed E-state index contributed by atoms with van der Waals surface area (Å²) in [5.41, 5.74) is 0. The zero-order chi connectivity index (χ0) is 19.6. The van der Waals surface area contributed by atoms with E-state index in [1.54, 1.807) is 13.8 Å². The van der Waals surface area contributed by atoms with Crippen LogP contribution in [-0.2, 0) is 28.6 Å². The molecule has 0 aromatic heterocycles. The number of alkyl halides is 1. The van der Waals surface area contributed by atoms with E-state index in [0.29, 0.717) is 6.61 Å². The second kappa shape index (κ2) is 17.7. The largest absolute Gasteiger partial charge is 0.463 e. The van der Waals surface area contributed by atoms with Crippen molar-refractivity contribution in [3.8, 4) is 0 Å². The molecule has 8 heteroatoms. The Morgan fingerprint density at radius 2 is 1.58 bits per heavy atom. The second-order valence-corrected chi connectivity index (χ2v) is 4.71. The Kier molecular flexibility index (Phi) is 20.0. The van der Waals surface area contributed by atoms with E-state index in [1.807, 2.05) is 0 Å². The van der Waals surface area contributed by atoms with E-state index in [2.05, 4.69) is 22.6 Å². The molecular formula is C16H27ClO7. The van der Waals surface area contributed by atoms with Gasteiger partial charge in [-0.1, -0.05) is 23.8 Å². The van der Waals surface area contributed by atoms with Crippen LogP contribution in [0.3, 0.4) is 0 Å². The van der Waals surface area contributed by atoms with E-state index in [4.69, 9.17) is 21.4 Å². The summed E-state index contributed by atoms with van der Waals surface area (Å²) in [4.78, 5) is 31.3. The Balaban J connectivity index is -0.000000316. The fourth-order valence-electron chi connectivity index (χ4n) is 0.767. The number of carbonyl (C=O) groups excluding carboxylic acids is 3. The minimum absolute atomic E-state index is 0.0833. The van der Waals surface area contributed by atoms with Gasteiger partial charge in [-0.15, -0.1) is 13.2 Å². The molecule has 0 amide bonds. The Labute approximate surface area is 148 Å². The normalized spacial score (nSPS) is 11.2. The molecule has 24 heavy (non-hydrogen) atoms. The van der Waals surface area contributed by atoms with E-state index in [-0.39, 0.29) is 19.8 Å². The molecule has 0 aliphatic heterocycles. The highest BCUT2D eigenvalue weighted by Crippen LogP contribution is 2.17. The number of halogens is 1. The Hall–Kier alpha value is -1.70. The third-order valence-corrected chi connectivity index (χ3v) is 2.07. The van der Waals surface area contributed by atoms with Gasteiger partial charge in [0, 0.05) is 6.92 Å². The second-order valence-electron chi connectivity index (χ2n) is 3.98. The lowest BCUT2D eigenvalue weighted by molar-refractivity contribution is -0.158. The molecule has 0 aromatic rings. The first-order valence-corrected chi connectivity index (χ1v) is 7.52. The maximum Gasteiger partial charge on any atom is 0.374 e. The Bertz CT molecular complexity index is 392. The summed E-state index contributed by atoms with van der Waals surface area (Å²) in [5, 5.41) is 6.36. The van der Waals surface area contributed by atoms with Gasteiger partial charge in [-0.25, -0.2) is 9.59 Å². The van der Waals surface area contributed by atoms with Gasteiger partial charge in [0.15, 0.2) is 0 Å². The molecule has 0 saturated heterocycles. The fraction of sp³-hybridized carbons (Fsp3) is 0.562. The average molecular weight is 367 g/mol. The lowest BCUT2D eigenvalue weighted by atomic mass is 10.4. The topological polar surface area (TPSA) is 99.1 Å². The number of rotatable bonds is 8. The van der Waals surface area contributed by atoms with Crippen LogP contribution in [0.4, 0.5) is 0 Å². The number of aliphatic hydroxyl groups is 1. The van der Waals surface area contributed by atoms with Crippen molar-refractivity contribution in [2.45, 2.75) is 32.8 Å². The van der Waals surface area contributed by atoms with Gasteiger partial charge in [0.1, 0.15) is 0 Å². The molecule has 140 valence electrons. The summed E-state index contributed by atoms with van der Waals surface area (Å²) in [6, 6.07) is 0. The van der Waals surface area contributed by atoms with Crippen LogP contribution in [0.5, 0.6) is 0 Å². The van der Waals surface area contributed by atoms with Crippen molar-refractivity contribution in [3.05, 3.63) is 25.3 Å². The number of carbonyl (C=O) groups is 3. The molecule has 0 radical (unpaired) electrons. The smallest absolute Gasteiger partial charge is 0.374 e. The first kappa shape index (κ1) is 27.2. The summed E-state index contributed by atoms with van der Waals surface area (Å²) >= 11 is 5.70. The standard InChI is InChI=1S/C8H13ClO3.C5H8O3.C3H6O/c1-4-6-12-8(3,9)7(10)11-5-2;1-3-8-5(7)4(2)6;1-2-3-4/h4H,1,5-6H2,2-3H3;3H2,1-2H3;2,4H,1,3H2. The molecule has 7 nitrogen and oxygen atoms in total. The van der Waals surface area contributed by atoms with E-state index in [1.165, 1.54) is 26.0 Å². The van der Waals surface area contributed by atoms with Crippen molar-refractivity contribution >= 4 is 29.3 Å². The van der Waals surface area contributed by atoms with Crippen molar-refractivity contribution in [3.63, 3.8) is 0 Å². The summed E-state index contributed by atoms with van der Waals surface area (Å²) in [7, 11) is 0. The lowest BCUT2D eigenvalue weighted by Gasteiger charge is -2.19. The average Bonchev–Trinajstić information content (AvgIpc) is 2.54. The molecule has 0 fully saturated rings. The summed E-state index contributed by atoms with van der Waals surface area (Å²) in [5.74, 6) is -1.88. The molecule has 0 aromatic carbocycles. The van der Waals surface area contributed by atoms with Gasteiger partial charge < -0.3 is 19.3 Å². The zero-order valence-electron chi connectivity index (χ0n) is 14.7. The van der Waals surface area contributed by atoms with Crippen molar-refractivity contribution in [2.24, 2.45) is 0 Å². The summed E-state index contributed by atoms with van der Waals surface area (Å²) < 4.78 is 14.0. The van der Waals surface area contributed by atoms with Crippen molar-refractivity contribution in [1.82, 2.24) is 0 Å². The monoisotopic (exact) mass is 366 g/mol. The van der Waals surface area contributed by atoms with Gasteiger partial charge >= 0.3 is 11.9 Å². The van der Waals surface area contributed by atoms with Crippen LogP contribution in [0.2, 0.25) is 0 Å². The first-order valence-electron chi connectivity index (χ1n) is 7.14. The number of ether oxygens (including phenoxy) is 3.